The summed E-state index contributed by atoms with van der Waals surface area (Å²) in [6, 6.07) is 9.84. The second-order valence-corrected chi connectivity index (χ2v) is 5.28. The molecule has 1 unspecified atom stereocenters. The first-order valence-electron chi connectivity index (χ1n) is 4.84. The molecule has 2 aromatic rings. The number of hydrogen-bond acceptors (Lipinski definition) is 3. The van der Waals surface area contributed by atoms with Crippen molar-refractivity contribution in [3.05, 3.63) is 50.6 Å². The van der Waals surface area contributed by atoms with Gasteiger partial charge in [-0.15, -0.1) is 11.3 Å². The smallest absolute Gasteiger partial charge is 0.118 e. The van der Waals surface area contributed by atoms with Crippen molar-refractivity contribution < 1.29 is 4.74 Å². The summed E-state index contributed by atoms with van der Waals surface area (Å²) in [5.41, 5.74) is 7.26. The molecular weight excluding hydrogens is 286 g/mol. The Morgan fingerprint density at radius 2 is 2.00 bits per heavy atom. The summed E-state index contributed by atoms with van der Waals surface area (Å²) >= 11 is 5.09. The largest absolute Gasteiger partial charge is 0.497 e. The standard InChI is InChI=1S/C12H12BrNOS/c1-15-10-4-2-8(3-5-10)12(14)11-6-9(13)7-16-11/h2-7,12H,14H2,1H3. The van der Waals surface area contributed by atoms with Crippen molar-refractivity contribution in [2.45, 2.75) is 6.04 Å². The average molecular weight is 298 g/mol. The summed E-state index contributed by atoms with van der Waals surface area (Å²) in [7, 11) is 1.66. The van der Waals surface area contributed by atoms with Crippen LogP contribution < -0.4 is 10.5 Å². The highest BCUT2D eigenvalue weighted by atomic mass is 79.9. The van der Waals surface area contributed by atoms with Crippen LogP contribution >= 0.6 is 27.3 Å². The van der Waals surface area contributed by atoms with E-state index in [9.17, 15) is 0 Å². The summed E-state index contributed by atoms with van der Waals surface area (Å²) in [5.74, 6) is 0.850. The summed E-state index contributed by atoms with van der Waals surface area (Å²) in [6.45, 7) is 0. The molecule has 84 valence electrons. The van der Waals surface area contributed by atoms with Crippen molar-refractivity contribution in [2.24, 2.45) is 5.73 Å². The highest BCUT2D eigenvalue weighted by Crippen LogP contribution is 2.29. The molecule has 2 rings (SSSR count). The number of ether oxygens (including phenoxy) is 1. The molecule has 4 heteroatoms. The van der Waals surface area contributed by atoms with Crippen LogP contribution in [0.4, 0.5) is 0 Å². The van der Waals surface area contributed by atoms with Gasteiger partial charge in [0.15, 0.2) is 0 Å². The van der Waals surface area contributed by atoms with Gasteiger partial charge in [0.05, 0.1) is 13.2 Å². The molecule has 0 aliphatic heterocycles. The molecule has 0 aliphatic carbocycles. The van der Waals surface area contributed by atoms with Crippen LogP contribution in [-0.4, -0.2) is 7.11 Å². The Morgan fingerprint density at radius 1 is 1.31 bits per heavy atom. The predicted molar refractivity (Wildman–Crippen MR) is 71.0 cm³/mol. The lowest BCUT2D eigenvalue weighted by Crippen LogP contribution is -2.09. The fourth-order valence-electron chi connectivity index (χ4n) is 1.47. The zero-order valence-corrected chi connectivity index (χ0v) is 11.2. The van der Waals surface area contributed by atoms with Gasteiger partial charge in [-0.3, -0.25) is 0 Å². The minimum atomic E-state index is -0.0674. The highest BCUT2D eigenvalue weighted by Gasteiger charge is 2.10. The third-order valence-corrected chi connectivity index (χ3v) is 4.15. The van der Waals surface area contributed by atoms with Crippen LogP contribution in [0.1, 0.15) is 16.5 Å². The van der Waals surface area contributed by atoms with Crippen LogP contribution in [0.15, 0.2) is 40.2 Å². The van der Waals surface area contributed by atoms with Crippen molar-refractivity contribution in [1.82, 2.24) is 0 Å². The van der Waals surface area contributed by atoms with Gasteiger partial charge in [0, 0.05) is 14.7 Å². The lowest BCUT2D eigenvalue weighted by atomic mass is 10.1. The summed E-state index contributed by atoms with van der Waals surface area (Å²) in [5, 5.41) is 2.04. The predicted octanol–water partition coefficient (Wildman–Crippen LogP) is 3.57. The fraction of sp³-hybridized carbons (Fsp3) is 0.167. The molecule has 1 heterocycles. The fourth-order valence-corrected chi connectivity index (χ4v) is 2.94. The number of rotatable bonds is 3. The minimum Gasteiger partial charge on any atom is -0.497 e. The van der Waals surface area contributed by atoms with Gasteiger partial charge in [0.2, 0.25) is 0 Å². The van der Waals surface area contributed by atoms with E-state index in [-0.39, 0.29) is 6.04 Å². The van der Waals surface area contributed by atoms with Crippen molar-refractivity contribution in [3.8, 4) is 5.75 Å². The summed E-state index contributed by atoms with van der Waals surface area (Å²) < 4.78 is 6.19. The lowest BCUT2D eigenvalue weighted by molar-refractivity contribution is 0.414. The van der Waals surface area contributed by atoms with Gasteiger partial charge in [0.25, 0.3) is 0 Å². The molecule has 0 aliphatic rings. The lowest BCUT2D eigenvalue weighted by Gasteiger charge is -2.10. The topological polar surface area (TPSA) is 35.2 Å². The van der Waals surface area contributed by atoms with Gasteiger partial charge in [-0.1, -0.05) is 12.1 Å². The first-order valence-corrected chi connectivity index (χ1v) is 6.51. The van der Waals surface area contributed by atoms with E-state index in [1.807, 2.05) is 29.6 Å². The first kappa shape index (κ1) is 11.6. The molecular formula is C12H12BrNOS. The monoisotopic (exact) mass is 297 g/mol. The molecule has 1 aromatic carbocycles. The highest BCUT2D eigenvalue weighted by molar-refractivity contribution is 9.10. The molecule has 0 radical (unpaired) electrons. The average Bonchev–Trinajstić information content (AvgIpc) is 2.75. The molecule has 0 saturated carbocycles. The molecule has 0 bridgehead atoms. The first-order chi connectivity index (χ1) is 7.70. The van der Waals surface area contributed by atoms with Gasteiger partial charge >= 0.3 is 0 Å². The molecule has 1 atom stereocenters. The SMILES string of the molecule is COc1ccc(C(N)c2cc(Br)cs2)cc1. The molecule has 1 aromatic heterocycles. The van der Waals surface area contributed by atoms with Crippen LogP contribution in [0.25, 0.3) is 0 Å². The van der Waals surface area contributed by atoms with Gasteiger partial charge in [-0.25, -0.2) is 0 Å². The number of thiophene rings is 1. The number of nitrogens with two attached hydrogens (primary N) is 1. The Balaban J connectivity index is 2.23. The summed E-state index contributed by atoms with van der Waals surface area (Å²) in [4.78, 5) is 1.15. The van der Waals surface area contributed by atoms with Crippen LogP contribution in [0.5, 0.6) is 5.75 Å². The quantitative estimate of drug-likeness (QED) is 0.940. The van der Waals surface area contributed by atoms with Crippen LogP contribution in [0.3, 0.4) is 0 Å². The molecule has 2 N–H and O–H groups in total. The third-order valence-electron chi connectivity index (χ3n) is 2.37. The van der Waals surface area contributed by atoms with E-state index >= 15 is 0 Å². The van der Waals surface area contributed by atoms with Crippen LogP contribution in [-0.2, 0) is 0 Å². The van der Waals surface area contributed by atoms with Crippen molar-refractivity contribution in [1.29, 1.82) is 0 Å². The van der Waals surface area contributed by atoms with Crippen LogP contribution in [0.2, 0.25) is 0 Å². The third kappa shape index (κ3) is 2.45. The Hall–Kier alpha value is -0.840. The van der Waals surface area contributed by atoms with Gasteiger partial charge < -0.3 is 10.5 Å². The molecule has 0 saturated heterocycles. The maximum atomic E-state index is 6.17. The Bertz CT molecular complexity index is 466. The zero-order chi connectivity index (χ0) is 11.5. The molecule has 16 heavy (non-hydrogen) atoms. The molecule has 0 amide bonds. The minimum absolute atomic E-state index is 0.0674. The van der Waals surface area contributed by atoms with E-state index in [0.29, 0.717) is 0 Å². The molecule has 2 nitrogen and oxygen atoms in total. The number of halogens is 1. The Morgan fingerprint density at radius 3 is 2.50 bits per heavy atom. The Labute approximate surface area is 107 Å². The maximum absolute atomic E-state index is 6.17. The molecule has 0 spiro atoms. The van der Waals surface area contributed by atoms with E-state index in [1.54, 1.807) is 18.4 Å². The number of methoxy groups -OCH3 is 1. The molecule has 0 fully saturated rings. The van der Waals surface area contributed by atoms with Gasteiger partial charge in [-0.2, -0.15) is 0 Å². The summed E-state index contributed by atoms with van der Waals surface area (Å²) in [6.07, 6.45) is 0. The van der Waals surface area contributed by atoms with E-state index in [0.717, 1.165) is 20.7 Å². The second kappa shape index (κ2) is 4.99. The normalized spacial score (nSPS) is 12.4. The van der Waals surface area contributed by atoms with Crippen molar-refractivity contribution in [3.63, 3.8) is 0 Å². The second-order valence-electron chi connectivity index (χ2n) is 3.42. The van der Waals surface area contributed by atoms with Crippen LogP contribution in [0, 0.1) is 0 Å². The Kier molecular flexibility index (Phi) is 3.63. The zero-order valence-electron chi connectivity index (χ0n) is 8.81. The van der Waals surface area contributed by atoms with Gasteiger partial charge in [0.1, 0.15) is 5.75 Å². The van der Waals surface area contributed by atoms with E-state index < -0.39 is 0 Å². The van der Waals surface area contributed by atoms with Gasteiger partial charge in [-0.05, 0) is 39.7 Å². The maximum Gasteiger partial charge on any atom is 0.118 e. The number of hydrogen-bond donors (Lipinski definition) is 1. The van der Waals surface area contributed by atoms with Crippen molar-refractivity contribution >= 4 is 27.3 Å². The van der Waals surface area contributed by atoms with Crippen molar-refractivity contribution in [2.75, 3.05) is 7.11 Å². The van der Waals surface area contributed by atoms with E-state index in [4.69, 9.17) is 10.5 Å². The number of benzene rings is 1. The van der Waals surface area contributed by atoms with E-state index in [1.165, 1.54) is 0 Å². The van der Waals surface area contributed by atoms with E-state index in [2.05, 4.69) is 22.0 Å².